The number of piperidine rings is 1. The Bertz CT molecular complexity index is 356. The van der Waals surface area contributed by atoms with Crippen molar-refractivity contribution >= 4 is 21.8 Å². The number of nitrogens with zero attached hydrogens (tertiary/aromatic N) is 1. The number of carbonyl (C=O) groups excluding carboxylic acids is 1. The van der Waals surface area contributed by atoms with Crippen LogP contribution in [0.5, 0.6) is 0 Å². The number of carbonyl (C=O) groups is 1. The van der Waals surface area contributed by atoms with E-state index in [1.165, 1.54) is 0 Å². The van der Waals surface area contributed by atoms with Gasteiger partial charge >= 0.3 is 0 Å². The van der Waals surface area contributed by atoms with Gasteiger partial charge in [-0.3, -0.25) is 9.78 Å². The van der Waals surface area contributed by atoms with Gasteiger partial charge in [-0.1, -0.05) is 0 Å². The second-order valence-electron chi connectivity index (χ2n) is 3.89. The first-order valence-corrected chi connectivity index (χ1v) is 6.14. The van der Waals surface area contributed by atoms with E-state index in [-0.39, 0.29) is 5.91 Å². The number of amides is 1. The van der Waals surface area contributed by atoms with Crippen LogP contribution in [0.4, 0.5) is 0 Å². The molecule has 0 aliphatic carbocycles. The van der Waals surface area contributed by atoms with Crippen molar-refractivity contribution in [1.82, 2.24) is 15.6 Å². The molecule has 0 bridgehead atoms. The van der Waals surface area contributed by atoms with Gasteiger partial charge < -0.3 is 10.6 Å². The van der Waals surface area contributed by atoms with Gasteiger partial charge in [-0.25, -0.2) is 0 Å². The van der Waals surface area contributed by atoms with Crippen LogP contribution in [0.25, 0.3) is 0 Å². The number of pyridine rings is 1. The van der Waals surface area contributed by atoms with Gasteiger partial charge in [0.1, 0.15) is 0 Å². The summed E-state index contributed by atoms with van der Waals surface area (Å²) in [4.78, 5) is 15.2. The Balaban J connectivity index is 1.79. The summed E-state index contributed by atoms with van der Waals surface area (Å²) >= 11 is 3.35. The molecule has 0 aromatic carbocycles. The van der Waals surface area contributed by atoms with Gasteiger partial charge in [0, 0.05) is 36.2 Å². The van der Waals surface area contributed by atoms with Gasteiger partial charge in [0.15, 0.2) is 0 Å². The number of aromatic nitrogens is 1. The zero-order valence-corrected chi connectivity index (χ0v) is 10.5. The highest BCUT2D eigenvalue weighted by Gasteiger charge is 2.16. The van der Waals surface area contributed by atoms with Crippen LogP contribution in [0.2, 0.25) is 0 Å². The minimum Gasteiger partial charge on any atom is -0.355 e. The van der Waals surface area contributed by atoms with Crippen molar-refractivity contribution in [2.45, 2.75) is 25.4 Å². The lowest BCUT2D eigenvalue weighted by Crippen LogP contribution is -2.45. The van der Waals surface area contributed by atoms with Crippen molar-refractivity contribution in [2.24, 2.45) is 0 Å². The van der Waals surface area contributed by atoms with Crippen molar-refractivity contribution < 1.29 is 4.79 Å². The summed E-state index contributed by atoms with van der Waals surface area (Å²) in [5, 5.41) is 6.23. The number of hydrogen-bond acceptors (Lipinski definition) is 3. The molecule has 0 spiro atoms. The van der Waals surface area contributed by atoms with Crippen molar-refractivity contribution in [3.8, 4) is 0 Å². The maximum atomic E-state index is 11.0. The Morgan fingerprint density at radius 3 is 3.06 bits per heavy atom. The van der Waals surface area contributed by atoms with Gasteiger partial charge in [-0.2, -0.15) is 0 Å². The van der Waals surface area contributed by atoms with E-state index < -0.39 is 0 Å². The van der Waals surface area contributed by atoms with E-state index >= 15 is 0 Å². The lowest BCUT2D eigenvalue weighted by Gasteiger charge is -2.23. The van der Waals surface area contributed by atoms with Gasteiger partial charge in [-0.15, -0.1) is 0 Å². The summed E-state index contributed by atoms with van der Waals surface area (Å²) in [5.74, 6) is 0.153. The first-order valence-electron chi connectivity index (χ1n) is 5.34. The van der Waals surface area contributed by atoms with Gasteiger partial charge in [0.25, 0.3) is 0 Å². The largest absolute Gasteiger partial charge is 0.355 e. The molecule has 5 heteroatoms. The topological polar surface area (TPSA) is 54.0 Å². The third-order valence-electron chi connectivity index (χ3n) is 2.63. The average molecular weight is 284 g/mol. The van der Waals surface area contributed by atoms with E-state index in [4.69, 9.17) is 0 Å². The zero-order chi connectivity index (χ0) is 11.4. The van der Waals surface area contributed by atoms with Crippen molar-refractivity contribution in [3.63, 3.8) is 0 Å². The monoisotopic (exact) mass is 283 g/mol. The van der Waals surface area contributed by atoms with Crippen LogP contribution in [-0.2, 0) is 11.3 Å². The van der Waals surface area contributed by atoms with Crippen LogP contribution in [0, 0.1) is 0 Å². The molecule has 2 N–H and O–H groups in total. The summed E-state index contributed by atoms with van der Waals surface area (Å²) in [6.45, 7) is 1.46. The molecule has 1 unspecified atom stereocenters. The van der Waals surface area contributed by atoms with Crippen LogP contribution >= 0.6 is 15.9 Å². The average Bonchev–Trinajstić information content (AvgIpc) is 2.30. The van der Waals surface area contributed by atoms with Crippen molar-refractivity contribution in [1.29, 1.82) is 0 Å². The molecular weight excluding hydrogens is 270 g/mol. The molecule has 1 aliphatic heterocycles. The molecule has 1 amide bonds. The summed E-state index contributed by atoms with van der Waals surface area (Å²) < 4.78 is 0.987. The van der Waals surface area contributed by atoms with E-state index in [0.717, 1.165) is 29.7 Å². The Kier molecular flexibility index (Phi) is 3.90. The van der Waals surface area contributed by atoms with E-state index in [0.29, 0.717) is 12.5 Å². The molecule has 86 valence electrons. The molecule has 1 saturated heterocycles. The smallest absolute Gasteiger partial charge is 0.220 e. The molecule has 1 atom stereocenters. The Morgan fingerprint density at radius 2 is 2.44 bits per heavy atom. The number of hydrogen-bond donors (Lipinski definition) is 2. The Labute approximate surface area is 103 Å². The van der Waals surface area contributed by atoms with Crippen LogP contribution in [-0.4, -0.2) is 23.5 Å². The fourth-order valence-electron chi connectivity index (χ4n) is 1.67. The molecule has 4 nitrogen and oxygen atoms in total. The SMILES string of the molecule is O=C1CCC(NCc2ccc(Br)cn2)CN1. The standard InChI is InChI=1S/C11H14BrN3O/c12-8-1-2-9(13-5-8)6-14-10-3-4-11(16)15-7-10/h1-2,5,10,14H,3-4,6-7H2,(H,15,16). The highest BCUT2D eigenvalue weighted by Crippen LogP contribution is 2.08. The molecule has 1 aromatic heterocycles. The molecular formula is C11H14BrN3O. The van der Waals surface area contributed by atoms with Gasteiger partial charge in [0.2, 0.25) is 5.91 Å². The number of halogens is 1. The molecule has 2 rings (SSSR count). The van der Waals surface area contributed by atoms with Crippen LogP contribution in [0.15, 0.2) is 22.8 Å². The molecule has 1 fully saturated rings. The van der Waals surface area contributed by atoms with E-state index in [1.807, 2.05) is 12.1 Å². The van der Waals surface area contributed by atoms with Crippen LogP contribution in [0.1, 0.15) is 18.5 Å². The second-order valence-corrected chi connectivity index (χ2v) is 4.80. The minimum atomic E-state index is 0.153. The zero-order valence-electron chi connectivity index (χ0n) is 8.87. The molecule has 0 radical (unpaired) electrons. The van der Waals surface area contributed by atoms with Gasteiger partial charge in [-0.05, 0) is 34.5 Å². The van der Waals surface area contributed by atoms with Crippen molar-refractivity contribution in [2.75, 3.05) is 6.54 Å². The summed E-state index contributed by atoms with van der Waals surface area (Å²) in [5.41, 5.74) is 1.01. The molecule has 1 aliphatic rings. The third-order valence-corrected chi connectivity index (χ3v) is 3.10. The highest BCUT2D eigenvalue weighted by molar-refractivity contribution is 9.10. The Morgan fingerprint density at radius 1 is 1.56 bits per heavy atom. The normalized spacial score (nSPS) is 20.6. The van der Waals surface area contributed by atoms with Crippen LogP contribution in [0.3, 0.4) is 0 Å². The van der Waals surface area contributed by atoms with Crippen LogP contribution < -0.4 is 10.6 Å². The van der Waals surface area contributed by atoms with E-state index in [2.05, 4.69) is 31.5 Å². The Hall–Kier alpha value is -0.940. The van der Waals surface area contributed by atoms with Crippen molar-refractivity contribution in [3.05, 3.63) is 28.5 Å². The van der Waals surface area contributed by atoms with Gasteiger partial charge in [0.05, 0.1) is 5.69 Å². The number of rotatable bonds is 3. The third kappa shape index (κ3) is 3.28. The highest BCUT2D eigenvalue weighted by atomic mass is 79.9. The second kappa shape index (κ2) is 5.41. The fraction of sp³-hybridized carbons (Fsp3) is 0.455. The summed E-state index contributed by atoms with van der Waals surface area (Å²) in [6.07, 6.45) is 3.31. The molecule has 1 aromatic rings. The molecule has 0 saturated carbocycles. The molecule has 2 heterocycles. The first-order chi connectivity index (χ1) is 7.74. The summed E-state index contributed by atoms with van der Waals surface area (Å²) in [6, 6.07) is 4.33. The maximum Gasteiger partial charge on any atom is 0.220 e. The predicted molar refractivity (Wildman–Crippen MR) is 64.8 cm³/mol. The molecule has 16 heavy (non-hydrogen) atoms. The minimum absolute atomic E-state index is 0.153. The lowest BCUT2D eigenvalue weighted by molar-refractivity contribution is -0.122. The maximum absolute atomic E-state index is 11.0. The predicted octanol–water partition coefficient (Wildman–Crippen LogP) is 1.21. The summed E-state index contributed by atoms with van der Waals surface area (Å²) in [7, 11) is 0. The van der Waals surface area contributed by atoms with E-state index in [1.54, 1.807) is 6.20 Å². The quantitative estimate of drug-likeness (QED) is 0.877. The van der Waals surface area contributed by atoms with E-state index in [9.17, 15) is 4.79 Å². The lowest BCUT2D eigenvalue weighted by atomic mass is 10.1. The fourth-order valence-corrected chi connectivity index (χ4v) is 1.90. The number of nitrogens with one attached hydrogen (secondary N) is 2. The first kappa shape index (κ1) is 11.5.